The van der Waals surface area contributed by atoms with Gasteiger partial charge in [0.2, 0.25) is 6.79 Å². The Bertz CT molecular complexity index is 416. The number of methoxy groups -OCH3 is 1. The van der Waals surface area contributed by atoms with Crippen LogP contribution in [0.5, 0.6) is 11.5 Å². The number of Topliss-reactive ketones (excluding diaryl/α,β-unsaturated/α-hetero) is 1. The first-order valence-electron chi connectivity index (χ1n) is 5.81. The summed E-state index contributed by atoms with van der Waals surface area (Å²) in [6, 6.07) is 5.14. The van der Waals surface area contributed by atoms with E-state index in [4.69, 9.17) is 18.9 Å². The van der Waals surface area contributed by atoms with Crippen molar-refractivity contribution in [1.82, 2.24) is 0 Å². The number of hydrogen-bond acceptors (Lipinski definition) is 5. The molecule has 98 valence electrons. The number of fused-ring (bicyclic) bond motifs is 1. The topological polar surface area (TPSA) is 54.0 Å². The third-order valence-corrected chi connectivity index (χ3v) is 2.56. The minimum atomic E-state index is -0.0642. The predicted octanol–water partition coefficient (Wildman–Crippen LogP) is 1.65. The van der Waals surface area contributed by atoms with Crippen LogP contribution in [0, 0.1) is 0 Å². The maximum atomic E-state index is 11.8. The summed E-state index contributed by atoms with van der Waals surface area (Å²) in [7, 11) is 1.64. The van der Waals surface area contributed by atoms with Gasteiger partial charge in [0.1, 0.15) is 6.61 Å². The number of ketones is 1. The van der Waals surface area contributed by atoms with E-state index in [0.717, 1.165) is 6.42 Å². The summed E-state index contributed by atoms with van der Waals surface area (Å²) < 4.78 is 20.6. The van der Waals surface area contributed by atoms with Gasteiger partial charge in [0.15, 0.2) is 17.3 Å². The highest BCUT2D eigenvalue weighted by atomic mass is 16.7. The summed E-state index contributed by atoms with van der Waals surface area (Å²) in [5, 5.41) is 0. The van der Waals surface area contributed by atoms with Crippen molar-refractivity contribution in [1.29, 1.82) is 0 Å². The van der Waals surface area contributed by atoms with Crippen LogP contribution in [-0.4, -0.2) is 39.5 Å². The van der Waals surface area contributed by atoms with Gasteiger partial charge < -0.3 is 18.9 Å². The molecule has 0 bridgehead atoms. The third-order valence-electron chi connectivity index (χ3n) is 2.56. The highest BCUT2D eigenvalue weighted by Gasteiger charge is 2.16. The van der Waals surface area contributed by atoms with E-state index in [1.807, 2.05) is 0 Å². The number of benzene rings is 1. The molecule has 0 radical (unpaired) electrons. The van der Waals surface area contributed by atoms with Crippen LogP contribution >= 0.6 is 0 Å². The van der Waals surface area contributed by atoms with Gasteiger partial charge in [-0.1, -0.05) is 0 Å². The summed E-state index contributed by atoms with van der Waals surface area (Å²) in [6.07, 6.45) is 0.783. The zero-order valence-electron chi connectivity index (χ0n) is 10.3. The molecule has 18 heavy (non-hydrogen) atoms. The molecule has 5 heteroatoms. The first kappa shape index (κ1) is 12.9. The second-order valence-electron chi connectivity index (χ2n) is 3.89. The van der Waals surface area contributed by atoms with Crippen molar-refractivity contribution in [2.45, 2.75) is 6.42 Å². The zero-order valence-corrected chi connectivity index (χ0v) is 10.3. The Hall–Kier alpha value is -1.59. The summed E-state index contributed by atoms with van der Waals surface area (Å²) >= 11 is 0. The van der Waals surface area contributed by atoms with E-state index in [0.29, 0.717) is 30.3 Å². The Kier molecular flexibility index (Phi) is 4.55. The summed E-state index contributed by atoms with van der Waals surface area (Å²) in [5.41, 5.74) is 0.575. The van der Waals surface area contributed by atoms with Crippen LogP contribution in [0.1, 0.15) is 16.8 Å². The van der Waals surface area contributed by atoms with E-state index >= 15 is 0 Å². The second-order valence-corrected chi connectivity index (χ2v) is 3.89. The smallest absolute Gasteiger partial charge is 0.231 e. The third kappa shape index (κ3) is 3.21. The number of carbonyl (C=O) groups is 1. The summed E-state index contributed by atoms with van der Waals surface area (Å²) in [4.78, 5) is 11.8. The fourth-order valence-electron chi connectivity index (χ4n) is 1.62. The lowest BCUT2D eigenvalue weighted by atomic mass is 10.1. The van der Waals surface area contributed by atoms with Gasteiger partial charge >= 0.3 is 0 Å². The average Bonchev–Trinajstić information content (AvgIpc) is 2.85. The zero-order chi connectivity index (χ0) is 12.8. The lowest BCUT2D eigenvalue weighted by Gasteiger charge is -2.04. The molecule has 0 amide bonds. The molecule has 1 aliphatic heterocycles. The summed E-state index contributed by atoms with van der Waals surface area (Å²) in [5.74, 6) is 1.22. The molecule has 1 aliphatic rings. The molecule has 0 atom stereocenters. The molecular formula is C13H16O5. The Morgan fingerprint density at radius 3 is 2.94 bits per heavy atom. The number of carbonyl (C=O) groups excluding carboxylic acids is 1. The maximum Gasteiger partial charge on any atom is 0.231 e. The van der Waals surface area contributed by atoms with Crippen molar-refractivity contribution in [2.24, 2.45) is 0 Å². The van der Waals surface area contributed by atoms with Gasteiger partial charge in [0.25, 0.3) is 0 Å². The summed E-state index contributed by atoms with van der Waals surface area (Å²) in [6.45, 7) is 1.44. The standard InChI is InChI=1S/C13H16O5/c1-15-5-2-6-16-8-11(14)10-3-4-12-13(7-10)18-9-17-12/h3-4,7H,2,5-6,8-9H2,1H3. The molecule has 0 saturated heterocycles. The molecule has 1 aromatic carbocycles. The molecular weight excluding hydrogens is 236 g/mol. The van der Waals surface area contributed by atoms with Crippen molar-refractivity contribution in [3.63, 3.8) is 0 Å². The van der Waals surface area contributed by atoms with E-state index < -0.39 is 0 Å². The van der Waals surface area contributed by atoms with Gasteiger partial charge in [-0.25, -0.2) is 0 Å². The Balaban J connectivity index is 1.82. The molecule has 0 aliphatic carbocycles. The number of rotatable bonds is 7. The van der Waals surface area contributed by atoms with Crippen LogP contribution in [-0.2, 0) is 9.47 Å². The van der Waals surface area contributed by atoms with Gasteiger partial charge in [-0.15, -0.1) is 0 Å². The van der Waals surface area contributed by atoms with E-state index in [2.05, 4.69) is 0 Å². The first-order chi connectivity index (χ1) is 8.81. The Morgan fingerprint density at radius 2 is 2.11 bits per heavy atom. The first-order valence-corrected chi connectivity index (χ1v) is 5.81. The maximum absolute atomic E-state index is 11.8. The molecule has 1 heterocycles. The monoisotopic (exact) mass is 252 g/mol. The molecule has 2 rings (SSSR count). The van der Waals surface area contributed by atoms with Crippen LogP contribution in [0.25, 0.3) is 0 Å². The molecule has 0 spiro atoms. The van der Waals surface area contributed by atoms with Gasteiger partial charge in [0.05, 0.1) is 0 Å². The van der Waals surface area contributed by atoms with Gasteiger partial charge in [-0.05, 0) is 24.6 Å². The minimum Gasteiger partial charge on any atom is -0.454 e. The van der Waals surface area contributed by atoms with Crippen molar-refractivity contribution in [3.8, 4) is 11.5 Å². The highest BCUT2D eigenvalue weighted by Crippen LogP contribution is 2.32. The second kappa shape index (κ2) is 6.37. The Labute approximate surface area is 106 Å². The van der Waals surface area contributed by atoms with Crippen molar-refractivity contribution >= 4 is 5.78 Å². The molecule has 0 unspecified atom stereocenters. The van der Waals surface area contributed by atoms with Crippen LogP contribution in [0.4, 0.5) is 0 Å². The van der Waals surface area contributed by atoms with E-state index in [9.17, 15) is 4.79 Å². The quantitative estimate of drug-likeness (QED) is 0.545. The fraction of sp³-hybridized carbons (Fsp3) is 0.462. The van der Waals surface area contributed by atoms with Gasteiger partial charge in [-0.2, -0.15) is 0 Å². The molecule has 0 N–H and O–H groups in total. The SMILES string of the molecule is COCCCOCC(=O)c1ccc2c(c1)OCO2. The molecule has 0 aromatic heterocycles. The van der Waals surface area contributed by atoms with E-state index in [1.165, 1.54) is 0 Å². The van der Waals surface area contributed by atoms with Crippen molar-refractivity contribution in [2.75, 3.05) is 33.7 Å². The van der Waals surface area contributed by atoms with Crippen molar-refractivity contribution < 1.29 is 23.7 Å². The molecule has 0 fully saturated rings. The lowest BCUT2D eigenvalue weighted by molar-refractivity contribution is 0.0705. The van der Waals surface area contributed by atoms with Crippen LogP contribution < -0.4 is 9.47 Å². The number of hydrogen-bond donors (Lipinski definition) is 0. The van der Waals surface area contributed by atoms with E-state index in [1.54, 1.807) is 25.3 Å². The van der Waals surface area contributed by atoms with Crippen LogP contribution in [0.2, 0.25) is 0 Å². The highest BCUT2D eigenvalue weighted by molar-refractivity contribution is 5.97. The lowest BCUT2D eigenvalue weighted by Crippen LogP contribution is -2.10. The van der Waals surface area contributed by atoms with E-state index in [-0.39, 0.29) is 19.2 Å². The normalized spacial score (nSPS) is 12.7. The Morgan fingerprint density at radius 1 is 1.28 bits per heavy atom. The van der Waals surface area contributed by atoms with Gasteiger partial charge in [0, 0.05) is 25.9 Å². The molecule has 0 saturated carbocycles. The van der Waals surface area contributed by atoms with Crippen LogP contribution in [0.15, 0.2) is 18.2 Å². The van der Waals surface area contributed by atoms with Crippen molar-refractivity contribution in [3.05, 3.63) is 23.8 Å². The number of ether oxygens (including phenoxy) is 4. The van der Waals surface area contributed by atoms with Gasteiger partial charge in [-0.3, -0.25) is 4.79 Å². The minimum absolute atomic E-state index is 0.0642. The molecule has 5 nitrogen and oxygen atoms in total. The largest absolute Gasteiger partial charge is 0.454 e. The average molecular weight is 252 g/mol. The fourth-order valence-corrected chi connectivity index (χ4v) is 1.62. The molecule has 1 aromatic rings. The van der Waals surface area contributed by atoms with Crippen LogP contribution in [0.3, 0.4) is 0 Å². The predicted molar refractivity (Wildman–Crippen MR) is 64.2 cm³/mol.